The van der Waals surface area contributed by atoms with Gasteiger partial charge in [-0.25, -0.2) is 9.97 Å². The van der Waals surface area contributed by atoms with Crippen LogP contribution in [0.5, 0.6) is 0 Å². The Balaban J connectivity index is 1.16. The first kappa shape index (κ1) is 23.9. The molecule has 0 unspecified atom stereocenters. The summed E-state index contributed by atoms with van der Waals surface area (Å²) >= 11 is 5.94. The fraction of sp³-hybridized carbons (Fsp3) is 0.323. The largest absolute Gasteiger partial charge is 0.351 e. The van der Waals surface area contributed by atoms with Crippen LogP contribution in [0.2, 0.25) is 5.02 Å². The highest BCUT2D eigenvalue weighted by atomic mass is 35.5. The molecule has 5 nitrogen and oxygen atoms in total. The van der Waals surface area contributed by atoms with E-state index in [1.54, 1.807) is 24.3 Å². The standard InChI is InChI=1S/C31H31ClN4O/c1-19-28-17-22(27-8-4-6-20-5-2-3-7-26(20)27)11-16-29(28)36-31(33-19)35-25-15-14-24(18-25)34-30(37)21-9-12-23(32)13-10-21/h4,6,8-13,16-17,24-25H,2-3,5,7,14-15,18H2,1H3,(H,34,37)(H,33,35,36)/t24-,25+/m0/s1. The van der Waals surface area contributed by atoms with Crippen molar-refractivity contribution in [2.24, 2.45) is 0 Å². The van der Waals surface area contributed by atoms with E-state index in [9.17, 15) is 4.79 Å². The predicted octanol–water partition coefficient (Wildman–Crippen LogP) is 6.90. The molecular formula is C31H31ClN4O. The maximum atomic E-state index is 12.6. The van der Waals surface area contributed by atoms with E-state index >= 15 is 0 Å². The van der Waals surface area contributed by atoms with Crippen molar-refractivity contribution in [1.82, 2.24) is 15.3 Å². The molecule has 2 aliphatic carbocycles. The number of halogens is 1. The van der Waals surface area contributed by atoms with Crippen LogP contribution in [-0.2, 0) is 12.8 Å². The summed E-state index contributed by atoms with van der Waals surface area (Å²) in [5.74, 6) is 0.597. The van der Waals surface area contributed by atoms with Crippen LogP contribution < -0.4 is 10.6 Å². The Morgan fingerprint density at radius 1 is 0.946 bits per heavy atom. The number of nitrogens with one attached hydrogen (secondary N) is 2. The number of hydrogen-bond acceptors (Lipinski definition) is 4. The molecule has 3 aromatic carbocycles. The lowest BCUT2D eigenvalue weighted by molar-refractivity contribution is 0.0938. The van der Waals surface area contributed by atoms with Gasteiger partial charge in [0.2, 0.25) is 5.95 Å². The molecule has 6 heteroatoms. The molecule has 1 aromatic heterocycles. The Kier molecular flexibility index (Phi) is 6.56. The van der Waals surface area contributed by atoms with Crippen molar-refractivity contribution in [3.05, 3.63) is 88.1 Å². The van der Waals surface area contributed by atoms with E-state index in [-0.39, 0.29) is 18.0 Å². The molecule has 0 bridgehead atoms. The van der Waals surface area contributed by atoms with Crippen LogP contribution >= 0.6 is 11.6 Å². The van der Waals surface area contributed by atoms with Crippen LogP contribution in [0.4, 0.5) is 5.95 Å². The van der Waals surface area contributed by atoms with Gasteiger partial charge >= 0.3 is 0 Å². The number of nitrogens with zero attached hydrogens (tertiary/aromatic N) is 2. The van der Waals surface area contributed by atoms with E-state index < -0.39 is 0 Å². The number of benzene rings is 3. The highest BCUT2D eigenvalue weighted by molar-refractivity contribution is 6.30. The van der Waals surface area contributed by atoms with Crippen molar-refractivity contribution in [3.8, 4) is 11.1 Å². The molecule has 1 fully saturated rings. The van der Waals surface area contributed by atoms with Gasteiger partial charge in [-0.05, 0) is 111 Å². The summed E-state index contributed by atoms with van der Waals surface area (Å²) in [7, 11) is 0. The van der Waals surface area contributed by atoms with Gasteiger partial charge < -0.3 is 10.6 Å². The lowest BCUT2D eigenvalue weighted by atomic mass is 9.86. The Morgan fingerprint density at radius 2 is 1.76 bits per heavy atom. The molecular weight excluding hydrogens is 480 g/mol. The third kappa shape index (κ3) is 5.05. The minimum absolute atomic E-state index is 0.0596. The Bertz CT molecular complexity index is 1470. The number of rotatable bonds is 5. The average Bonchev–Trinajstić information content (AvgIpc) is 3.35. The van der Waals surface area contributed by atoms with E-state index in [0.717, 1.165) is 42.3 Å². The topological polar surface area (TPSA) is 66.9 Å². The van der Waals surface area contributed by atoms with Crippen molar-refractivity contribution in [2.45, 2.75) is 64.0 Å². The van der Waals surface area contributed by atoms with Gasteiger partial charge in [0.05, 0.1) is 11.2 Å². The van der Waals surface area contributed by atoms with Crippen LogP contribution in [0.25, 0.3) is 22.0 Å². The third-order valence-corrected chi connectivity index (χ3v) is 8.05. The highest BCUT2D eigenvalue weighted by Crippen LogP contribution is 2.33. The molecule has 0 saturated heterocycles. The van der Waals surface area contributed by atoms with Crippen molar-refractivity contribution < 1.29 is 4.79 Å². The summed E-state index contributed by atoms with van der Waals surface area (Å²) in [5, 5.41) is 8.39. The molecule has 37 heavy (non-hydrogen) atoms. The van der Waals surface area contributed by atoms with E-state index in [1.165, 1.54) is 41.5 Å². The molecule has 2 aliphatic rings. The Morgan fingerprint density at radius 3 is 2.62 bits per heavy atom. The second-order valence-electron chi connectivity index (χ2n) is 10.3. The number of aryl methyl sites for hydroxylation is 2. The zero-order chi connectivity index (χ0) is 25.4. The van der Waals surface area contributed by atoms with Crippen LogP contribution in [0.3, 0.4) is 0 Å². The predicted molar refractivity (Wildman–Crippen MR) is 150 cm³/mol. The summed E-state index contributed by atoms with van der Waals surface area (Å²) in [6.45, 7) is 2.06. The molecule has 188 valence electrons. The number of anilines is 1. The number of carbonyl (C=O) groups excluding carboxylic acids is 1. The van der Waals surface area contributed by atoms with Crippen LogP contribution in [0.1, 0.15) is 59.3 Å². The second kappa shape index (κ2) is 10.1. The van der Waals surface area contributed by atoms with Crippen LogP contribution in [0.15, 0.2) is 60.7 Å². The van der Waals surface area contributed by atoms with Gasteiger partial charge in [0.25, 0.3) is 5.91 Å². The molecule has 1 saturated carbocycles. The highest BCUT2D eigenvalue weighted by Gasteiger charge is 2.27. The van der Waals surface area contributed by atoms with Crippen molar-refractivity contribution in [3.63, 3.8) is 0 Å². The summed E-state index contributed by atoms with van der Waals surface area (Å²) in [4.78, 5) is 22.2. The van der Waals surface area contributed by atoms with E-state index in [0.29, 0.717) is 16.5 Å². The Hall–Kier alpha value is -3.44. The molecule has 2 atom stereocenters. The van der Waals surface area contributed by atoms with Gasteiger partial charge in [-0.3, -0.25) is 4.79 Å². The van der Waals surface area contributed by atoms with E-state index in [4.69, 9.17) is 21.6 Å². The lowest BCUT2D eigenvalue weighted by Gasteiger charge is -2.20. The molecule has 1 heterocycles. The monoisotopic (exact) mass is 510 g/mol. The lowest BCUT2D eigenvalue weighted by Crippen LogP contribution is -2.34. The zero-order valence-corrected chi connectivity index (χ0v) is 21.8. The normalized spacial score (nSPS) is 19.0. The molecule has 4 aromatic rings. The molecule has 0 aliphatic heterocycles. The fourth-order valence-electron chi connectivity index (χ4n) is 5.86. The Labute approximate surface area is 222 Å². The van der Waals surface area contributed by atoms with Gasteiger partial charge in [0.1, 0.15) is 0 Å². The first-order valence-corrected chi connectivity index (χ1v) is 13.6. The van der Waals surface area contributed by atoms with Gasteiger partial charge in [-0.1, -0.05) is 35.9 Å². The first-order chi connectivity index (χ1) is 18.0. The zero-order valence-electron chi connectivity index (χ0n) is 21.1. The number of fused-ring (bicyclic) bond motifs is 2. The quantitative estimate of drug-likeness (QED) is 0.306. The molecule has 0 radical (unpaired) electrons. The maximum Gasteiger partial charge on any atom is 0.251 e. The smallest absolute Gasteiger partial charge is 0.251 e. The fourth-order valence-corrected chi connectivity index (χ4v) is 5.99. The first-order valence-electron chi connectivity index (χ1n) is 13.3. The minimum Gasteiger partial charge on any atom is -0.351 e. The number of amides is 1. The van der Waals surface area contributed by atoms with E-state index in [1.807, 2.05) is 0 Å². The van der Waals surface area contributed by atoms with Crippen molar-refractivity contribution in [1.29, 1.82) is 0 Å². The average molecular weight is 511 g/mol. The summed E-state index contributed by atoms with van der Waals surface area (Å²) in [6.07, 6.45) is 7.62. The third-order valence-electron chi connectivity index (χ3n) is 7.80. The molecule has 6 rings (SSSR count). The number of hydrogen-bond donors (Lipinski definition) is 2. The second-order valence-corrected chi connectivity index (χ2v) is 10.8. The van der Waals surface area contributed by atoms with Crippen LogP contribution in [-0.4, -0.2) is 28.0 Å². The van der Waals surface area contributed by atoms with Gasteiger partial charge in [-0.15, -0.1) is 0 Å². The van der Waals surface area contributed by atoms with Crippen molar-refractivity contribution >= 4 is 34.4 Å². The van der Waals surface area contributed by atoms with Gasteiger partial charge in [0.15, 0.2) is 0 Å². The SMILES string of the molecule is Cc1nc(N[C@@H]2CC[C@H](NC(=O)c3ccc(Cl)cc3)C2)nc2ccc(-c3cccc4c3CCCC4)cc12. The van der Waals surface area contributed by atoms with E-state index in [2.05, 4.69) is 54.0 Å². The van der Waals surface area contributed by atoms with Gasteiger partial charge in [0, 0.05) is 28.1 Å². The summed E-state index contributed by atoms with van der Waals surface area (Å²) < 4.78 is 0. The maximum absolute atomic E-state index is 12.6. The summed E-state index contributed by atoms with van der Waals surface area (Å²) in [6, 6.07) is 20.6. The summed E-state index contributed by atoms with van der Waals surface area (Å²) in [5.41, 5.74) is 8.15. The number of aromatic nitrogens is 2. The molecule has 0 spiro atoms. The van der Waals surface area contributed by atoms with Gasteiger partial charge in [-0.2, -0.15) is 0 Å². The number of carbonyl (C=O) groups is 1. The molecule has 1 amide bonds. The molecule has 2 N–H and O–H groups in total. The minimum atomic E-state index is -0.0596. The van der Waals surface area contributed by atoms with Crippen LogP contribution in [0, 0.1) is 6.92 Å². The van der Waals surface area contributed by atoms with Crippen molar-refractivity contribution in [2.75, 3.05) is 5.32 Å².